The van der Waals surface area contributed by atoms with Gasteiger partial charge in [0.1, 0.15) is 0 Å². The lowest BCUT2D eigenvalue weighted by Crippen LogP contribution is -2.49. The van der Waals surface area contributed by atoms with Gasteiger partial charge in [-0.25, -0.2) is 0 Å². The van der Waals surface area contributed by atoms with Gasteiger partial charge in [-0.3, -0.25) is 9.69 Å². The number of hydrogen-bond acceptors (Lipinski definition) is 2. The van der Waals surface area contributed by atoms with E-state index in [0.29, 0.717) is 12.1 Å². The van der Waals surface area contributed by atoms with E-state index in [1.807, 2.05) is 32.0 Å². The molecule has 0 spiro atoms. The molecule has 4 atom stereocenters. The molecule has 2 rings (SSSR count). The number of benzene rings is 1. The van der Waals surface area contributed by atoms with Crippen molar-refractivity contribution < 1.29 is 4.79 Å². The quantitative estimate of drug-likeness (QED) is 0.891. The van der Waals surface area contributed by atoms with Gasteiger partial charge in [0.25, 0.3) is 0 Å². The smallest absolute Gasteiger partial charge is 0.237 e. The van der Waals surface area contributed by atoms with Crippen molar-refractivity contribution in [3.05, 3.63) is 34.3 Å². The van der Waals surface area contributed by atoms with Crippen molar-refractivity contribution >= 4 is 21.8 Å². The molecule has 1 aliphatic heterocycles. The predicted octanol–water partition coefficient (Wildman–Crippen LogP) is 3.89. The lowest BCUT2D eigenvalue weighted by molar-refractivity contribution is -0.127. The highest BCUT2D eigenvalue weighted by Crippen LogP contribution is 2.26. The third-order valence-corrected chi connectivity index (χ3v) is 5.05. The van der Waals surface area contributed by atoms with Crippen LogP contribution in [-0.2, 0) is 4.79 Å². The van der Waals surface area contributed by atoms with E-state index in [9.17, 15) is 4.79 Å². The van der Waals surface area contributed by atoms with E-state index >= 15 is 0 Å². The Kier molecular flexibility index (Phi) is 5.44. The molecule has 1 fully saturated rings. The zero-order valence-electron chi connectivity index (χ0n) is 13.3. The summed E-state index contributed by atoms with van der Waals surface area (Å²) in [6, 6.07) is 9.00. The van der Waals surface area contributed by atoms with E-state index in [-0.39, 0.29) is 18.0 Å². The second-order valence-electron chi connectivity index (χ2n) is 6.18. The highest BCUT2D eigenvalue weighted by molar-refractivity contribution is 9.10. The van der Waals surface area contributed by atoms with Gasteiger partial charge in [0, 0.05) is 16.6 Å². The van der Waals surface area contributed by atoms with Crippen molar-refractivity contribution in [1.82, 2.24) is 10.2 Å². The maximum atomic E-state index is 12.5. The van der Waals surface area contributed by atoms with Crippen LogP contribution >= 0.6 is 15.9 Å². The molecule has 0 bridgehead atoms. The lowest BCUT2D eigenvalue weighted by Gasteiger charge is -2.32. The van der Waals surface area contributed by atoms with Gasteiger partial charge < -0.3 is 5.32 Å². The zero-order chi connectivity index (χ0) is 15.6. The fraction of sp³-hybridized carbons (Fsp3) is 0.588. The minimum absolute atomic E-state index is 0.0191. The van der Waals surface area contributed by atoms with Gasteiger partial charge in [-0.05, 0) is 58.2 Å². The van der Waals surface area contributed by atoms with E-state index in [1.165, 1.54) is 12.8 Å². The zero-order valence-corrected chi connectivity index (χ0v) is 14.9. The van der Waals surface area contributed by atoms with Crippen LogP contribution < -0.4 is 5.32 Å². The predicted molar refractivity (Wildman–Crippen MR) is 90.2 cm³/mol. The molecule has 1 amide bonds. The van der Waals surface area contributed by atoms with Crippen molar-refractivity contribution in [2.24, 2.45) is 0 Å². The van der Waals surface area contributed by atoms with Gasteiger partial charge in [-0.1, -0.05) is 28.1 Å². The molecule has 4 heteroatoms. The van der Waals surface area contributed by atoms with Crippen LogP contribution in [0.1, 0.15) is 52.1 Å². The first-order chi connectivity index (χ1) is 9.90. The second-order valence-corrected chi connectivity index (χ2v) is 7.10. The molecule has 1 saturated heterocycles. The van der Waals surface area contributed by atoms with Crippen molar-refractivity contribution in [2.75, 3.05) is 0 Å². The van der Waals surface area contributed by atoms with Crippen molar-refractivity contribution in [3.63, 3.8) is 0 Å². The molecule has 0 aromatic heterocycles. The summed E-state index contributed by atoms with van der Waals surface area (Å²) in [5.74, 6) is 0.114. The number of rotatable bonds is 4. The molecule has 1 aromatic carbocycles. The summed E-state index contributed by atoms with van der Waals surface area (Å²) in [5.41, 5.74) is 1.12. The fourth-order valence-electron chi connectivity index (χ4n) is 3.31. The topological polar surface area (TPSA) is 32.3 Å². The van der Waals surface area contributed by atoms with Crippen LogP contribution in [0.3, 0.4) is 0 Å². The van der Waals surface area contributed by atoms with E-state index in [0.717, 1.165) is 10.0 Å². The summed E-state index contributed by atoms with van der Waals surface area (Å²) in [6.45, 7) is 8.47. The monoisotopic (exact) mass is 352 g/mol. The number of carbonyl (C=O) groups is 1. The van der Waals surface area contributed by atoms with Gasteiger partial charge >= 0.3 is 0 Å². The van der Waals surface area contributed by atoms with Crippen LogP contribution in [0.5, 0.6) is 0 Å². The van der Waals surface area contributed by atoms with E-state index in [2.05, 4.69) is 46.1 Å². The normalized spacial score (nSPS) is 25.6. The summed E-state index contributed by atoms with van der Waals surface area (Å²) in [4.78, 5) is 14.9. The Bertz CT molecular complexity index is 495. The van der Waals surface area contributed by atoms with Gasteiger partial charge in [0.2, 0.25) is 5.91 Å². The van der Waals surface area contributed by atoms with Crippen molar-refractivity contribution in [2.45, 2.75) is 64.7 Å². The number of amides is 1. The first-order valence-corrected chi connectivity index (χ1v) is 8.52. The molecule has 1 N–H and O–H groups in total. The van der Waals surface area contributed by atoms with E-state index in [4.69, 9.17) is 0 Å². The van der Waals surface area contributed by atoms with Gasteiger partial charge in [0.05, 0.1) is 12.1 Å². The van der Waals surface area contributed by atoms with E-state index in [1.54, 1.807) is 0 Å². The molecule has 3 nitrogen and oxygen atoms in total. The first-order valence-electron chi connectivity index (χ1n) is 7.73. The van der Waals surface area contributed by atoms with Crippen molar-refractivity contribution in [3.8, 4) is 0 Å². The minimum atomic E-state index is -0.0768. The highest BCUT2D eigenvalue weighted by atomic mass is 79.9. The minimum Gasteiger partial charge on any atom is -0.348 e. The number of carbonyl (C=O) groups excluding carboxylic acids is 1. The molecule has 1 heterocycles. The standard InChI is InChI=1S/C17H25BrN2O/c1-11-8-9-12(2)20(11)14(4)17(21)19-13(3)15-6-5-7-16(18)10-15/h5-7,10-14H,8-9H2,1-4H3,(H,19,21). The van der Waals surface area contributed by atoms with Crippen molar-refractivity contribution in [1.29, 1.82) is 0 Å². The average molecular weight is 353 g/mol. The Morgan fingerprint density at radius 3 is 2.48 bits per heavy atom. The summed E-state index contributed by atoms with van der Waals surface area (Å²) < 4.78 is 1.04. The Morgan fingerprint density at radius 1 is 1.29 bits per heavy atom. The third kappa shape index (κ3) is 3.86. The van der Waals surface area contributed by atoms with Crippen LogP contribution in [0.2, 0.25) is 0 Å². The molecule has 4 unspecified atom stereocenters. The maximum absolute atomic E-state index is 12.5. The largest absolute Gasteiger partial charge is 0.348 e. The molecule has 0 saturated carbocycles. The summed E-state index contributed by atoms with van der Waals surface area (Å²) in [5, 5.41) is 3.14. The number of halogens is 1. The summed E-state index contributed by atoms with van der Waals surface area (Å²) in [6.07, 6.45) is 2.36. The van der Waals surface area contributed by atoms with Crippen LogP contribution in [0.15, 0.2) is 28.7 Å². The van der Waals surface area contributed by atoms with Crippen LogP contribution in [0.25, 0.3) is 0 Å². The van der Waals surface area contributed by atoms with Crippen LogP contribution in [0.4, 0.5) is 0 Å². The number of likely N-dealkylation sites (tertiary alicyclic amines) is 1. The number of hydrogen-bond donors (Lipinski definition) is 1. The van der Waals surface area contributed by atoms with Gasteiger partial charge in [-0.15, -0.1) is 0 Å². The summed E-state index contributed by atoms with van der Waals surface area (Å²) in [7, 11) is 0. The Labute approximate surface area is 136 Å². The SMILES string of the molecule is CC(NC(=O)C(C)N1C(C)CCC1C)c1cccc(Br)c1. The Balaban J connectivity index is 2.00. The maximum Gasteiger partial charge on any atom is 0.237 e. The summed E-state index contributed by atoms with van der Waals surface area (Å²) >= 11 is 3.47. The molecule has 116 valence electrons. The highest BCUT2D eigenvalue weighted by Gasteiger charge is 2.34. The molecule has 0 radical (unpaired) electrons. The second kappa shape index (κ2) is 6.93. The van der Waals surface area contributed by atoms with Gasteiger partial charge in [0.15, 0.2) is 0 Å². The van der Waals surface area contributed by atoms with Crippen LogP contribution in [0, 0.1) is 0 Å². The molecule has 21 heavy (non-hydrogen) atoms. The lowest BCUT2D eigenvalue weighted by atomic mass is 10.1. The Hall–Kier alpha value is -0.870. The van der Waals surface area contributed by atoms with Crippen LogP contribution in [-0.4, -0.2) is 28.9 Å². The third-order valence-electron chi connectivity index (χ3n) is 4.55. The number of nitrogens with zero attached hydrogens (tertiary/aromatic N) is 1. The molecule has 0 aliphatic carbocycles. The molecule has 1 aromatic rings. The molecule has 1 aliphatic rings. The first kappa shape index (κ1) is 16.5. The van der Waals surface area contributed by atoms with Gasteiger partial charge in [-0.2, -0.15) is 0 Å². The Morgan fingerprint density at radius 2 is 1.90 bits per heavy atom. The fourth-order valence-corrected chi connectivity index (χ4v) is 3.72. The molecular weight excluding hydrogens is 328 g/mol. The molecular formula is C17H25BrN2O. The number of nitrogens with one attached hydrogen (secondary N) is 1. The average Bonchev–Trinajstić information content (AvgIpc) is 2.77. The van der Waals surface area contributed by atoms with E-state index < -0.39 is 0 Å².